The Morgan fingerprint density at radius 1 is 1.32 bits per heavy atom. The lowest BCUT2D eigenvalue weighted by atomic mass is 10.2. The second-order valence-electron chi connectivity index (χ2n) is 3.78. The number of benzene rings is 1. The number of rotatable bonds is 4. The van der Waals surface area contributed by atoms with Crippen LogP contribution in [0.3, 0.4) is 0 Å². The van der Waals surface area contributed by atoms with E-state index in [1.807, 2.05) is 0 Å². The number of nitrogens with zero attached hydrogens (tertiary/aromatic N) is 1. The molecule has 1 heterocycles. The molecule has 0 atom stereocenters. The van der Waals surface area contributed by atoms with E-state index >= 15 is 0 Å². The van der Waals surface area contributed by atoms with E-state index in [0.29, 0.717) is 22.4 Å². The van der Waals surface area contributed by atoms with Crippen molar-refractivity contribution < 1.29 is 9.91 Å². The van der Waals surface area contributed by atoms with Crippen molar-refractivity contribution in [2.24, 2.45) is 0 Å². The van der Waals surface area contributed by atoms with E-state index in [9.17, 15) is 10.1 Å². The van der Waals surface area contributed by atoms with Crippen LogP contribution in [0.15, 0.2) is 36.5 Å². The van der Waals surface area contributed by atoms with Crippen LogP contribution < -0.4 is 10.3 Å². The zero-order chi connectivity index (χ0) is 13.8. The number of anilines is 1. The average Bonchev–Trinajstić information content (AvgIpc) is 2.38. The number of hydrogen-bond donors (Lipinski definition) is 1. The largest absolute Gasteiger partial charge is 0.357 e. The summed E-state index contributed by atoms with van der Waals surface area (Å²) in [4.78, 5) is 13.2. The first-order valence-corrected chi connectivity index (χ1v) is 6.16. The van der Waals surface area contributed by atoms with Gasteiger partial charge in [-0.2, -0.15) is 0 Å². The third-order valence-corrected chi connectivity index (χ3v) is 3.09. The molecule has 2 N–H and O–H groups in total. The highest BCUT2D eigenvalue weighted by atomic mass is 35.5. The standard InChI is InChI=1S/C12H9Cl2N3O2/c13-9-4-3-8(10(14)6-9)7-16-12-11(17(18)19)2-1-5-15-12/h1-6H,7H2,(H,15,16)/p+1. The molecule has 5 nitrogen and oxygen atoms in total. The molecule has 0 amide bonds. The lowest BCUT2D eigenvalue weighted by molar-refractivity contribution is -0.409. The van der Waals surface area contributed by atoms with Gasteiger partial charge in [0.2, 0.25) is 0 Å². The molecule has 2 rings (SSSR count). The molecule has 2 aromatic rings. The summed E-state index contributed by atoms with van der Waals surface area (Å²) < 4.78 is 0. The fraction of sp³-hybridized carbons (Fsp3) is 0.0833. The third-order valence-electron chi connectivity index (χ3n) is 2.50. The highest BCUT2D eigenvalue weighted by molar-refractivity contribution is 6.35. The Morgan fingerprint density at radius 2 is 2.11 bits per heavy atom. The number of H-pyrrole nitrogens is 1. The van der Waals surface area contributed by atoms with E-state index in [0.717, 1.165) is 5.56 Å². The van der Waals surface area contributed by atoms with Crippen molar-refractivity contribution in [3.8, 4) is 0 Å². The number of nitro groups is 1. The zero-order valence-electron chi connectivity index (χ0n) is 9.69. The molecule has 0 aliphatic carbocycles. The Bertz CT molecular complexity index is 620. The minimum atomic E-state index is -0.456. The average molecular weight is 299 g/mol. The summed E-state index contributed by atoms with van der Waals surface area (Å²) in [6.45, 7) is 0.358. The van der Waals surface area contributed by atoms with Gasteiger partial charge in [0.1, 0.15) is 6.54 Å². The number of hydrogen-bond acceptors (Lipinski definition) is 3. The number of pyridine rings is 1. The third kappa shape index (κ3) is 3.33. The predicted molar refractivity (Wildman–Crippen MR) is 73.4 cm³/mol. The first-order chi connectivity index (χ1) is 9.08. The predicted octanol–water partition coefficient (Wildman–Crippen LogP) is 3.33. The number of nitrogens with one attached hydrogen (secondary N) is 2. The van der Waals surface area contributed by atoms with Gasteiger partial charge in [0, 0.05) is 21.7 Å². The van der Waals surface area contributed by atoms with Gasteiger partial charge in [0.05, 0.1) is 11.1 Å². The van der Waals surface area contributed by atoms with Gasteiger partial charge in [-0.3, -0.25) is 15.4 Å². The van der Waals surface area contributed by atoms with Crippen LogP contribution in [0.4, 0.5) is 11.5 Å². The SMILES string of the molecule is O=[N+]([O-])c1ccc[nH+]c1NCc1ccc(Cl)cc1Cl. The van der Waals surface area contributed by atoms with Crippen LogP contribution in [0, 0.1) is 10.1 Å². The highest BCUT2D eigenvalue weighted by Gasteiger charge is 2.19. The molecule has 7 heteroatoms. The second-order valence-corrected chi connectivity index (χ2v) is 4.62. The Kier molecular flexibility index (Phi) is 4.19. The van der Waals surface area contributed by atoms with E-state index in [1.165, 1.54) is 6.07 Å². The van der Waals surface area contributed by atoms with Gasteiger partial charge in [-0.05, 0) is 18.2 Å². The molecule has 0 radical (unpaired) electrons. The molecule has 0 unspecified atom stereocenters. The maximum absolute atomic E-state index is 10.8. The normalized spacial score (nSPS) is 10.2. The van der Waals surface area contributed by atoms with Gasteiger partial charge in [-0.1, -0.05) is 29.3 Å². The Balaban J connectivity index is 2.17. The molecule has 0 saturated carbocycles. The van der Waals surface area contributed by atoms with Crippen molar-refractivity contribution in [1.82, 2.24) is 0 Å². The minimum Gasteiger partial charge on any atom is -0.264 e. The number of halogens is 2. The van der Waals surface area contributed by atoms with Crippen LogP contribution >= 0.6 is 23.2 Å². The van der Waals surface area contributed by atoms with Gasteiger partial charge in [-0.15, -0.1) is 0 Å². The van der Waals surface area contributed by atoms with Crippen molar-refractivity contribution in [3.05, 3.63) is 62.3 Å². The molecule has 0 aliphatic rings. The summed E-state index contributed by atoms with van der Waals surface area (Å²) in [5.74, 6) is 0.332. The fourth-order valence-electron chi connectivity index (χ4n) is 1.57. The van der Waals surface area contributed by atoms with Gasteiger partial charge >= 0.3 is 11.5 Å². The van der Waals surface area contributed by atoms with E-state index in [4.69, 9.17) is 23.2 Å². The molecule has 98 valence electrons. The van der Waals surface area contributed by atoms with Gasteiger partial charge < -0.3 is 0 Å². The van der Waals surface area contributed by atoms with Crippen molar-refractivity contribution in [1.29, 1.82) is 0 Å². The molecule has 1 aromatic heterocycles. The summed E-state index contributed by atoms with van der Waals surface area (Å²) in [6.07, 6.45) is 1.61. The monoisotopic (exact) mass is 298 g/mol. The van der Waals surface area contributed by atoms with Crippen LogP contribution in [0.1, 0.15) is 5.56 Å². The Hall–Kier alpha value is -1.85. The maximum atomic E-state index is 10.8. The van der Waals surface area contributed by atoms with Crippen LogP contribution in [0.2, 0.25) is 10.0 Å². The zero-order valence-corrected chi connectivity index (χ0v) is 11.2. The lowest BCUT2D eigenvalue weighted by Crippen LogP contribution is -2.14. The Labute approximate surface area is 119 Å². The van der Waals surface area contributed by atoms with Crippen LogP contribution in [-0.4, -0.2) is 4.92 Å². The smallest absolute Gasteiger partial charge is 0.264 e. The first kappa shape index (κ1) is 13.6. The van der Waals surface area contributed by atoms with Crippen molar-refractivity contribution in [2.45, 2.75) is 6.54 Å². The van der Waals surface area contributed by atoms with Crippen LogP contribution in [-0.2, 0) is 6.54 Å². The van der Waals surface area contributed by atoms with E-state index in [-0.39, 0.29) is 5.69 Å². The summed E-state index contributed by atoms with van der Waals surface area (Å²) >= 11 is 11.8. The second kappa shape index (κ2) is 5.86. The van der Waals surface area contributed by atoms with E-state index < -0.39 is 4.92 Å². The lowest BCUT2D eigenvalue weighted by Gasteiger charge is -2.03. The van der Waals surface area contributed by atoms with Crippen LogP contribution in [0.25, 0.3) is 0 Å². The molecule has 0 spiro atoms. The Morgan fingerprint density at radius 3 is 2.79 bits per heavy atom. The molecule has 1 aromatic carbocycles. The van der Waals surface area contributed by atoms with Gasteiger partial charge in [0.25, 0.3) is 0 Å². The van der Waals surface area contributed by atoms with Crippen molar-refractivity contribution in [2.75, 3.05) is 5.32 Å². The molecular formula is C12H10Cl2N3O2+. The summed E-state index contributed by atoms with van der Waals surface area (Å²) in [5, 5.41) is 14.9. The molecule has 0 saturated heterocycles. The quantitative estimate of drug-likeness (QED) is 0.695. The van der Waals surface area contributed by atoms with Gasteiger partial charge in [0.15, 0.2) is 0 Å². The molecule has 0 aliphatic heterocycles. The molecule has 0 bridgehead atoms. The van der Waals surface area contributed by atoms with Crippen molar-refractivity contribution in [3.63, 3.8) is 0 Å². The fourth-order valence-corrected chi connectivity index (χ4v) is 2.05. The first-order valence-electron chi connectivity index (χ1n) is 5.41. The number of aromatic nitrogens is 1. The summed E-state index contributed by atoms with van der Waals surface area (Å²) in [6, 6.07) is 8.10. The molecule has 19 heavy (non-hydrogen) atoms. The molecular weight excluding hydrogens is 289 g/mol. The summed E-state index contributed by atoms with van der Waals surface area (Å²) in [7, 11) is 0. The summed E-state index contributed by atoms with van der Waals surface area (Å²) in [5.41, 5.74) is 0.783. The number of aromatic amines is 1. The van der Waals surface area contributed by atoms with Crippen molar-refractivity contribution >= 4 is 34.7 Å². The van der Waals surface area contributed by atoms with Crippen LogP contribution in [0.5, 0.6) is 0 Å². The maximum Gasteiger partial charge on any atom is 0.357 e. The topological polar surface area (TPSA) is 69.3 Å². The highest BCUT2D eigenvalue weighted by Crippen LogP contribution is 2.23. The van der Waals surface area contributed by atoms with E-state index in [2.05, 4.69) is 10.3 Å². The molecule has 0 fully saturated rings. The van der Waals surface area contributed by atoms with E-state index in [1.54, 1.807) is 30.5 Å². The minimum absolute atomic E-state index is 0.0208. The van der Waals surface area contributed by atoms with Gasteiger partial charge in [-0.25, -0.2) is 4.98 Å².